The van der Waals surface area contributed by atoms with E-state index in [0.717, 1.165) is 89.9 Å². The van der Waals surface area contributed by atoms with E-state index in [9.17, 15) is 9.59 Å². The van der Waals surface area contributed by atoms with Crippen LogP contribution < -0.4 is 0 Å². The van der Waals surface area contributed by atoms with Gasteiger partial charge < -0.3 is 9.84 Å². The Morgan fingerprint density at radius 2 is 1.00 bits per heavy atom. The van der Waals surface area contributed by atoms with Crippen molar-refractivity contribution in [3.05, 3.63) is 48.6 Å². The van der Waals surface area contributed by atoms with E-state index in [2.05, 4.69) is 62.5 Å². The van der Waals surface area contributed by atoms with Gasteiger partial charge in [0.2, 0.25) is 0 Å². The van der Waals surface area contributed by atoms with E-state index in [-0.39, 0.29) is 18.5 Å². The van der Waals surface area contributed by atoms with Crippen molar-refractivity contribution in [1.29, 1.82) is 0 Å². The van der Waals surface area contributed by atoms with Gasteiger partial charge in [0.1, 0.15) is 6.10 Å². The molecule has 242 valence electrons. The Morgan fingerprint density at radius 1 is 0.524 bits per heavy atom. The second kappa shape index (κ2) is 33.4. The van der Waals surface area contributed by atoms with Crippen LogP contribution >= 0.6 is 0 Å². The fourth-order valence-electron chi connectivity index (χ4n) is 4.90. The molecule has 1 unspecified atom stereocenters. The van der Waals surface area contributed by atoms with Crippen LogP contribution in [-0.2, 0) is 14.3 Å². The Morgan fingerprint density at radius 3 is 1.60 bits per heavy atom. The van der Waals surface area contributed by atoms with Crippen LogP contribution in [0, 0.1) is 0 Å². The number of hydrogen-bond acceptors (Lipinski definition) is 3. The van der Waals surface area contributed by atoms with Crippen molar-refractivity contribution in [3.63, 3.8) is 0 Å². The van der Waals surface area contributed by atoms with E-state index in [1.165, 1.54) is 57.8 Å². The second-order valence-corrected chi connectivity index (χ2v) is 11.7. The first-order valence-electron chi connectivity index (χ1n) is 17.6. The highest BCUT2D eigenvalue weighted by molar-refractivity contribution is 5.69. The van der Waals surface area contributed by atoms with Gasteiger partial charge in [0.25, 0.3) is 0 Å². The molecule has 0 aromatic rings. The summed E-state index contributed by atoms with van der Waals surface area (Å²) < 4.78 is 5.94. The number of allylic oxidation sites excluding steroid dienone is 8. The highest BCUT2D eigenvalue weighted by Crippen LogP contribution is 2.17. The van der Waals surface area contributed by atoms with E-state index >= 15 is 0 Å². The smallest absolute Gasteiger partial charge is 0.306 e. The largest absolute Gasteiger partial charge is 0.481 e. The fourth-order valence-corrected chi connectivity index (χ4v) is 4.90. The zero-order valence-corrected chi connectivity index (χ0v) is 27.5. The lowest BCUT2D eigenvalue weighted by atomic mass is 10.0. The van der Waals surface area contributed by atoms with Crippen molar-refractivity contribution in [2.45, 2.75) is 180 Å². The van der Waals surface area contributed by atoms with Gasteiger partial charge in [-0.2, -0.15) is 0 Å². The Bertz CT molecular complexity index is 719. The normalized spacial score (nSPS) is 12.8. The van der Waals surface area contributed by atoms with Crippen LogP contribution in [-0.4, -0.2) is 23.1 Å². The molecule has 0 radical (unpaired) electrons. The number of hydrogen-bond donors (Lipinski definition) is 1. The molecule has 0 saturated carbocycles. The summed E-state index contributed by atoms with van der Waals surface area (Å²) in [6.45, 7) is 4.44. The highest BCUT2D eigenvalue weighted by atomic mass is 16.5. The monoisotopic (exact) mass is 586 g/mol. The number of unbranched alkanes of at least 4 members (excludes halogenated alkanes) is 14. The maximum absolute atomic E-state index is 12.6. The van der Waals surface area contributed by atoms with Gasteiger partial charge in [0.15, 0.2) is 0 Å². The second-order valence-electron chi connectivity index (χ2n) is 11.7. The van der Waals surface area contributed by atoms with Gasteiger partial charge in [-0.05, 0) is 89.9 Å². The number of carboxylic acid groups (broad SMARTS) is 1. The summed E-state index contributed by atoms with van der Waals surface area (Å²) in [5.74, 6) is -0.748. The third kappa shape index (κ3) is 32.4. The van der Waals surface area contributed by atoms with Crippen molar-refractivity contribution in [2.75, 3.05) is 0 Å². The zero-order valence-electron chi connectivity index (χ0n) is 27.5. The molecule has 4 heteroatoms. The van der Waals surface area contributed by atoms with E-state index < -0.39 is 5.97 Å². The Hall–Kier alpha value is -2.10. The van der Waals surface area contributed by atoms with Crippen LogP contribution in [0.3, 0.4) is 0 Å². The first-order chi connectivity index (χ1) is 20.6. The van der Waals surface area contributed by atoms with Crippen LogP contribution in [0.5, 0.6) is 0 Å². The fraction of sp³-hybridized carbons (Fsp3) is 0.737. The maximum atomic E-state index is 12.6. The molecule has 0 saturated heterocycles. The van der Waals surface area contributed by atoms with E-state index in [1.807, 2.05) is 0 Å². The van der Waals surface area contributed by atoms with Gasteiger partial charge in [0, 0.05) is 12.8 Å². The summed E-state index contributed by atoms with van der Waals surface area (Å²) in [5.41, 5.74) is 0. The van der Waals surface area contributed by atoms with Crippen molar-refractivity contribution >= 4 is 11.9 Å². The molecular weight excluding hydrogens is 520 g/mol. The molecule has 0 bridgehead atoms. The third-order valence-electron chi connectivity index (χ3n) is 7.50. The predicted molar refractivity (Wildman–Crippen MR) is 181 cm³/mol. The van der Waals surface area contributed by atoms with Gasteiger partial charge in [-0.1, -0.05) is 120 Å². The molecular formula is C38H66O4. The van der Waals surface area contributed by atoms with Crippen LogP contribution in [0.25, 0.3) is 0 Å². The summed E-state index contributed by atoms with van der Waals surface area (Å²) in [6, 6.07) is 0. The number of rotatable bonds is 31. The zero-order chi connectivity index (χ0) is 30.8. The minimum Gasteiger partial charge on any atom is -0.481 e. The SMILES string of the molecule is CCC/C=C\C/C=C\CCCCCCCC(=O)OC(CCC/C=C\C/C=C\CCCCC)CCCCCCCC(=O)O. The first-order valence-corrected chi connectivity index (χ1v) is 17.6. The van der Waals surface area contributed by atoms with Crippen molar-refractivity contribution in [3.8, 4) is 0 Å². The molecule has 0 aliphatic heterocycles. The predicted octanol–water partition coefficient (Wildman–Crippen LogP) is 12.0. The summed E-state index contributed by atoms with van der Waals surface area (Å²) in [6.07, 6.45) is 44.0. The van der Waals surface area contributed by atoms with Gasteiger partial charge in [-0.3, -0.25) is 9.59 Å². The molecule has 0 spiro atoms. The number of ether oxygens (including phenoxy) is 1. The van der Waals surface area contributed by atoms with E-state index in [0.29, 0.717) is 6.42 Å². The molecule has 0 rings (SSSR count). The topological polar surface area (TPSA) is 63.6 Å². The Kier molecular flexibility index (Phi) is 31.7. The van der Waals surface area contributed by atoms with Crippen LogP contribution in [0.1, 0.15) is 174 Å². The number of carboxylic acids is 1. The summed E-state index contributed by atoms with van der Waals surface area (Å²) in [7, 11) is 0. The lowest BCUT2D eigenvalue weighted by Gasteiger charge is -2.18. The standard InChI is InChI=1S/C38H66O4/c1-3-5-7-9-11-13-15-16-18-20-22-27-31-35-38(41)42-36(33-29-25-23-26-30-34-37(39)40)32-28-24-21-19-17-14-12-10-8-6-4-2/h7,9,12-15,19,21,36H,3-6,8,10-11,16-18,20,22-35H2,1-2H3,(H,39,40)/b9-7-,14-12-,15-13-,21-19-. The molecule has 0 aliphatic carbocycles. The molecule has 0 aromatic carbocycles. The molecule has 1 atom stereocenters. The number of carbonyl (C=O) groups is 2. The quantitative estimate of drug-likeness (QED) is 0.0498. The highest BCUT2D eigenvalue weighted by Gasteiger charge is 2.14. The summed E-state index contributed by atoms with van der Waals surface area (Å²) >= 11 is 0. The summed E-state index contributed by atoms with van der Waals surface area (Å²) in [5, 5.41) is 8.79. The average molecular weight is 587 g/mol. The number of aliphatic carboxylic acids is 1. The van der Waals surface area contributed by atoms with E-state index in [4.69, 9.17) is 9.84 Å². The average Bonchev–Trinajstić information content (AvgIpc) is 2.97. The Balaban J connectivity index is 4.18. The molecule has 42 heavy (non-hydrogen) atoms. The van der Waals surface area contributed by atoms with Crippen LogP contribution in [0.15, 0.2) is 48.6 Å². The van der Waals surface area contributed by atoms with E-state index in [1.54, 1.807) is 0 Å². The van der Waals surface area contributed by atoms with Gasteiger partial charge in [-0.25, -0.2) is 0 Å². The van der Waals surface area contributed by atoms with Crippen molar-refractivity contribution in [2.24, 2.45) is 0 Å². The molecule has 0 amide bonds. The van der Waals surface area contributed by atoms with Crippen molar-refractivity contribution in [1.82, 2.24) is 0 Å². The molecule has 1 N–H and O–H groups in total. The molecule has 0 aliphatic rings. The molecule has 4 nitrogen and oxygen atoms in total. The third-order valence-corrected chi connectivity index (χ3v) is 7.50. The van der Waals surface area contributed by atoms with Gasteiger partial charge in [-0.15, -0.1) is 0 Å². The first kappa shape index (κ1) is 39.9. The van der Waals surface area contributed by atoms with Gasteiger partial charge in [0.05, 0.1) is 0 Å². The lowest BCUT2D eigenvalue weighted by molar-refractivity contribution is -0.150. The van der Waals surface area contributed by atoms with Crippen LogP contribution in [0.2, 0.25) is 0 Å². The molecule has 0 aromatic heterocycles. The van der Waals surface area contributed by atoms with Crippen molar-refractivity contribution < 1.29 is 19.4 Å². The molecule has 0 heterocycles. The Labute approximate surface area is 260 Å². The summed E-state index contributed by atoms with van der Waals surface area (Å²) in [4.78, 5) is 23.3. The van der Waals surface area contributed by atoms with Gasteiger partial charge >= 0.3 is 11.9 Å². The lowest BCUT2D eigenvalue weighted by Crippen LogP contribution is -2.18. The minimum absolute atomic E-state index is 0.00647. The molecule has 0 fully saturated rings. The number of esters is 1. The van der Waals surface area contributed by atoms with Crippen LogP contribution in [0.4, 0.5) is 0 Å². The maximum Gasteiger partial charge on any atom is 0.306 e. The minimum atomic E-state index is -0.711. The number of carbonyl (C=O) groups excluding carboxylic acids is 1.